The molecule has 122 valence electrons. The van der Waals surface area contributed by atoms with Gasteiger partial charge in [0.2, 0.25) is 5.95 Å². The number of urea groups is 1. The van der Waals surface area contributed by atoms with E-state index in [1.807, 2.05) is 0 Å². The lowest BCUT2D eigenvalue weighted by molar-refractivity contribution is -0.646. The van der Waals surface area contributed by atoms with Crippen LogP contribution in [0.3, 0.4) is 0 Å². The van der Waals surface area contributed by atoms with E-state index in [1.54, 1.807) is 4.72 Å². The van der Waals surface area contributed by atoms with Crippen LogP contribution in [0.15, 0.2) is 29.4 Å². The van der Waals surface area contributed by atoms with E-state index in [0.29, 0.717) is 0 Å². The van der Waals surface area contributed by atoms with Gasteiger partial charge in [-0.25, -0.2) is 9.52 Å². The largest absolute Gasteiger partial charge is 0.618 e. The molecule has 0 aliphatic rings. The molecule has 0 radical (unpaired) electrons. The summed E-state index contributed by atoms with van der Waals surface area (Å²) >= 11 is 0. The van der Waals surface area contributed by atoms with Gasteiger partial charge >= 0.3 is 27.1 Å². The highest BCUT2D eigenvalue weighted by molar-refractivity contribution is 7.89. The monoisotopic (exact) mass is 340 g/mol. The maximum atomic E-state index is 12.0. The molecule has 11 nitrogen and oxygen atoms in total. The van der Waals surface area contributed by atoms with Crippen LogP contribution in [0.25, 0.3) is 0 Å². The van der Waals surface area contributed by atoms with Gasteiger partial charge in [0.1, 0.15) is 5.82 Å². The van der Waals surface area contributed by atoms with E-state index in [-0.39, 0.29) is 22.5 Å². The summed E-state index contributed by atoms with van der Waals surface area (Å²) < 4.78 is 30.5. The zero-order valence-electron chi connectivity index (χ0n) is 12.0. The molecule has 0 aliphatic heterocycles. The summed E-state index contributed by atoms with van der Waals surface area (Å²) in [6, 6.07) is 2.57. The Kier molecular flexibility index (Phi) is 4.55. The molecule has 0 bridgehead atoms. The van der Waals surface area contributed by atoms with Crippen molar-refractivity contribution in [1.82, 2.24) is 19.7 Å². The Bertz CT molecular complexity index is 841. The van der Waals surface area contributed by atoms with E-state index < -0.39 is 21.1 Å². The molecule has 2 amide bonds. The number of rotatable bonds is 4. The molecular weight excluding hydrogens is 328 g/mol. The van der Waals surface area contributed by atoms with Gasteiger partial charge in [0, 0.05) is 12.1 Å². The number of hydrogen-bond acceptors (Lipinski definition) is 8. The number of ether oxygens (including phenoxy) is 1. The van der Waals surface area contributed by atoms with E-state index in [0.717, 1.165) is 12.3 Å². The van der Waals surface area contributed by atoms with Crippen molar-refractivity contribution >= 4 is 22.0 Å². The molecule has 2 N–H and O–H groups in total. The fourth-order valence-electron chi connectivity index (χ4n) is 1.53. The lowest BCUT2D eigenvalue weighted by Gasteiger charge is -2.08. The van der Waals surface area contributed by atoms with Crippen LogP contribution in [0.2, 0.25) is 0 Å². The summed E-state index contributed by atoms with van der Waals surface area (Å²) in [5, 5.41) is 12.9. The maximum Gasteiger partial charge on any atom is 0.335 e. The molecule has 2 heterocycles. The number of anilines is 1. The summed E-state index contributed by atoms with van der Waals surface area (Å²) in [5.41, 5.74) is 0. The summed E-state index contributed by atoms with van der Waals surface area (Å²) in [6.45, 7) is 1.54. The Morgan fingerprint density at radius 2 is 2.04 bits per heavy atom. The number of amides is 2. The summed E-state index contributed by atoms with van der Waals surface area (Å²) in [4.78, 5) is 23.1. The highest BCUT2D eigenvalue weighted by Crippen LogP contribution is 2.07. The molecule has 0 aliphatic carbocycles. The topological polar surface area (TPSA) is 150 Å². The standard InChI is InChI=1S/C11H12N6O5S/c1-7-12-9(15-11(13-7)22-2)14-10(18)16-23(20,21)8-5-3-4-6-17(8)19/h3-6H,1-2H3,(H2,12,13,14,15,16,18). The third-order valence-electron chi connectivity index (χ3n) is 2.43. The zero-order chi connectivity index (χ0) is 17.0. The van der Waals surface area contributed by atoms with Gasteiger partial charge in [0.25, 0.3) is 0 Å². The number of sulfonamides is 1. The van der Waals surface area contributed by atoms with Gasteiger partial charge in [-0.05, 0) is 13.0 Å². The first-order chi connectivity index (χ1) is 10.8. The van der Waals surface area contributed by atoms with Crippen LogP contribution in [0.4, 0.5) is 10.7 Å². The molecule has 23 heavy (non-hydrogen) atoms. The van der Waals surface area contributed by atoms with E-state index in [2.05, 4.69) is 20.3 Å². The Morgan fingerprint density at radius 1 is 1.30 bits per heavy atom. The number of carbonyl (C=O) groups excluding carboxylic acids is 1. The van der Waals surface area contributed by atoms with Crippen molar-refractivity contribution in [2.45, 2.75) is 11.9 Å². The van der Waals surface area contributed by atoms with Crippen molar-refractivity contribution in [3.63, 3.8) is 0 Å². The summed E-state index contributed by atoms with van der Waals surface area (Å²) in [5.74, 6) is 0.0561. The zero-order valence-corrected chi connectivity index (χ0v) is 12.9. The lowest BCUT2D eigenvalue weighted by Crippen LogP contribution is -2.42. The summed E-state index contributed by atoms with van der Waals surface area (Å²) in [7, 11) is -3.03. The average Bonchev–Trinajstić information content (AvgIpc) is 2.46. The van der Waals surface area contributed by atoms with E-state index in [1.165, 1.54) is 26.2 Å². The molecule has 0 unspecified atom stereocenters. The smallest absolute Gasteiger partial charge is 0.335 e. The first-order valence-electron chi connectivity index (χ1n) is 6.10. The van der Waals surface area contributed by atoms with E-state index in [9.17, 15) is 18.4 Å². The van der Waals surface area contributed by atoms with Gasteiger partial charge in [-0.3, -0.25) is 5.32 Å². The lowest BCUT2D eigenvalue weighted by atomic mass is 10.5. The van der Waals surface area contributed by atoms with Crippen LogP contribution in [0.5, 0.6) is 6.01 Å². The van der Waals surface area contributed by atoms with Crippen molar-refractivity contribution in [2.24, 2.45) is 0 Å². The van der Waals surface area contributed by atoms with Gasteiger partial charge < -0.3 is 9.94 Å². The SMILES string of the molecule is COc1nc(C)nc(NC(=O)NS(=O)(=O)c2cccc[n+]2[O-])n1. The van der Waals surface area contributed by atoms with Crippen LogP contribution in [-0.4, -0.2) is 36.5 Å². The van der Waals surface area contributed by atoms with E-state index >= 15 is 0 Å². The number of aryl methyl sites for hydroxylation is 1. The van der Waals surface area contributed by atoms with Crippen molar-refractivity contribution in [3.05, 3.63) is 35.4 Å². The minimum Gasteiger partial charge on any atom is -0.618 e. The van der Waals surface area contributed by atoms with Crippen LogP contribution in [0.1, 0.15) is 5.82 Å². The number of pyridine rings is 1. The first-order valence-corrected chi connectivity index (χ1v) is 7.59. The fourth-order valence-corrected chi connectivity index (χ4v) is 2.48. The third-order valence-corrected chi connectivity index (χ3v) is 3.75. The Labute approximate surface area is 131 Å². The van der Waals surface area contributed by atoms with Crippen LogP contribution in [-0.2, 0) is 10.0 Å². The molecule has 0 spiro atoms. The Hall–Kier alpha value is -3.02. The average molecular weight is 340 g/mol. The Morgan fingerprint density at radius 3 is 2.70 bits per heavy atom. The molecule has 12 heteroatoms. The minimum atomic E-state index is -4.35. The predicted molar refractivity (Wildman–Crippen MR) is 75.9 cm³/mol. The fraction of sp³-hybridized carbons (Fsp3) is 0.182. The van der Waals surface area contributed by atoms with Gasteiger partial charge in [0.15, 0.2) is 6.20 Å². The van der Waals surface area contributed by atoms with Gasteiger partial charge in [-0.15, -0.1) is 0 Å². The second kappa shape index (κ2) is 6.39. The number of methoxy groups -OCH3 is 1. The number of hydrogen-bond donors (Lipinski definition) is 2. The maximum absolute atomic E-state index is 12.0. The van der Waals surface area contributed by atoms with E-state index in [4.69, 9.17) is 4.74 Å². The van der Waals surface area contributed by atoms with Gasteiger partial charge in [-0.2, -0.15) is 28.1 Å². The molecule has 0 atom stereocenters. The second-order valence-electron chi connectivity index (χ2n) is 4.12. The molecule has 2 aromatic heterocycles. The first kappa shape index (κ1) is 16.4. The van der Waals surface area contributed by atoms with Gasteiger partial charge in [0.05, 0.1) is 7.11 Å². The molecule has 0 fully saturated rings. The van der Waals surface area contributed by atoms with Crippen molar-refractivity contribution < 1.29 is 22.7 Å². The normalized spacial score (nSPS) is 10.9. The van der Waals surface area contributed by atoms with Gasteiger partial charge in [-0.1, -0.05) is 0 Å². The number of aromatic nitrogens is 4. The van der Waals surface area contributed by atoms with Crippen LogP contribution >= 0.6 is 0 Å². The van der Waals surface area contributed by atoms with Crippen LogP contribution in [0, 0.1) is 12.1 Å². The van der Waals surface area contributed by atoms with Crippen molar-refractivity contribution in [3.8, 4) is 6.01 Å². The molecular formula is C11H12N6O5S. The highest BCUT2D eigenvalue weighted by Gasteiger charge is 2.26. The minimum absolute atomic E-state index is 0.0453. The molecule has 0 saturated carbocycles. The van der Waals surface area contributed by atoms with Crippen molar-refractivity contribution in [1.29, 1.82) is 0 Å². The van der Waals surface area contributed by atoms with Crippen LogP contribution < -0.4 is 19.5 Å². The number of nitrogens with zero attached hydrogens (tertiary/aromatic N) is 4. The molecule has 2 rings (SSSR count). The number of carbonyl (C=O) groups is 1. The third kappa shape index (κ3) is 4.00. The summed E-state index contributed by atoms with van der Waals surface area (Å²) in [6.07, 6.45) is 0.993. The second-order valence-corrected chi connectivity index (χ2v) is 5.75. The Balaban J connectivity index is 2.16. The molecule has 0 aromatic carbocycles. The predicted octanol–water partition coefficient (Wildman–Crippen LogP) is -0.668. The highest BCUT2D eigenvalue weighted by atomic mass is 32.2. The molecule has 0 saturated heterocycles. The van der Waals surface area contributed by atoms with Crippen molar-refractivity contribution in [2.75, 3.05) is 12.4 Å². The quantitative estimate of drug-likeness (QED) is 0.549. The number of nitrogens with one attached hydrogen (secondary N) is 2. The molecule has 2 aromatic rings.